The Kier molecular flexibility index (Phi) is 3.29. The number of nitrogens with one attached hydrogen (secondary N) is 1. The Balaban J connectivity index is 1.91. The van der Waals surface area contributed by atoms with E-state index in [-0.39, 0.29) is 6.03 Å². The molecule has 0 aliphatic carbocycles. The van der Waals surface area contributed by atoms with Crippen LogP contribution in [0.15, 0.2) is 24.3 Å². The fourth-order valence-electron chi connectivity index (χ4n) is 3.11. The topological polar surface area (TPSA) is 61.6 Å². The van der Waals surface area contributed by atoms with Gasteiger partial charge in [-0.3, -0.25) is 4.90 Å². The van der Waals surface area contributed by atoms with E-state index < -0.39 is 0 Å². The third-order valence-electron chi connectivity index (χ3n) is 4.06. The van der Waals surface area contributed by atoms with Gasteiger partial charge in [0, 0.05) is 19.1 Å². The SMILES string of the molecule is NC(=O)N1CCN(C2CCNCC2)c2ccccc21. The Bertz CT molecular complexity index is 470. The van der Waals surface area contributed by atoms with E-state index in [4.69, 9.17) is 5.73 Å². The fourth-order valence-corrected chi connectivity index (χ4v) is 3.11. The number of carbonyl (C=O) groups is 1. The predicted molar refractivity (Wildman–Crippen MR) is 76.6 cm³/mol. The van der Waals surface area contributed by atoms with Crippen molar-refractivity contribution in [2.75, 3.05) is 36.0 Å². The first-order chi connectivity index (χ1) is 9.27. The van der Waals surface area contributed by atoms with Gasteiger partial charge in [0.1, 0.15) is 0 Å². The molecule has 0 spiro atoms. The monoisotopic (exact) mass is 260 g/mol. The number of primary amides is 1. The summed E-state index contributed by atoms with van der Waals surface area (Å²) in [6.45, 7) is 3.69. The number of para-hydroxylation sites is 2. The number of urea groups is 1. The molecule has 0 saturated carbocycles. The molecule has 1 saturated heterocycles. The third-order valence-corrected chi connectivity index (χ3v) is 4.06. The highest BCUT2D eigenvalue weighted by Gasteiger charge is 2.29. The maximum Gasteiger partial charge on any atom is 0.319 e. The van der Waals surface area contributed by atoms with Crippen molar-refractivity contribution < 1.29 is 4.79 Å². The van der Waals surface area contributed by atoms with E-state index in [1.807, 2.05) is 18.2 Å². The number of fused-ring (bicyclic) bond motifs is 1. The number of carbonyl (C=O) groups excluding carboxylic acids is 1. The molecule has 2 aliphatic rings. The summed E-state index contributed by atoms with van der Waals surface area (Å²) in [5, 5.41) is 3.39. The molecule has 0 radical (unpaired) electrons. The van der Waals surface area contributed by atoms with E-state index in [1.54, 1.807) is 4.90 Å². The Hall–Kier alpha value is -1.75. The van der Waals surface area contributed by atoms with Gasteiger partial charge in [-0.15, -0.1) is 0 Å². The van der Waals surface area contributed by atoms with Gasteiger partial charge in [0.05, 0.1) is 11.4 Å². The molecule has 3 rings (SSSR count). The Labute approximate surface area is 113 Å². The number of piperidine rings is 1. The van der Waals surface area contributed by atoms with Gasteiger partial charge in [-0.25, -0.2) is 4.79 Å². The van der Waals surface area contributed by atoms with Gasteiger partial charge in [-0.1, -0.05) is 12.1 Å². The summed E-state index contributed by atoms with van der Waals surface area (Å²) < 4.78 is 0. The highest BCUT2D eigenvalue weighted by molar-refractivity contribution is 5.95. The summed E-state index contributed by atoms with van der Waals surface area (Å²) in [5.74, 6) is 0. The molecule has 1 fully saturated rings. The van der Waals surface area contributed by atoms with Gasteiger partial charge in [0.2, 0.25) is 0 Å². The molecule has 0 aromatic heterocycles. The average Bonchev–Trinajstić information content (AvgIpc) is 2.47. The van der Waals surface area contributed by atoms with Crippen molar-refractivity contribution in [1.29, 1.82) is 0 Å². The third kappa shape index (κ3) is 2.26. The molecule has 0 bridgehead atoms. The van der Waals surface area contributed by atoms with Crippen LogP contribution in [0, 0.1) is 0 Å². The van der Waals surface area contributed by atoms with E-state index in [2.05, 4.69) is 16.3 Å². The summed E-state index contributed by atoms with van der Waals surface area (Å²) in [4.78, 5) is 15.6. The summed E-state index contributed by atoms with van der Waals surface area (Å²) >= 11 is 0. The van der Waals surface area contributed by atoms with Gasteiger partial charge < -0.3 is 16.0 Å². The summed E-state index contributed by atoms with van der Waals surface area (Å²) in [6, 6.07) is 8.26. The molecule has 0 atom stereocenters. The zero-order chi connectivity index (χ0) is 13.2. The van der Waals surface area contributed by atoms with E-state index in [1.165, 1.54) is 0 Å². The zero-order valence-electron chi connectivity index (χ0n) is 11.0. The minimum absolute atomic E-state index is 0.364. The molecule has 1 aromatic carbocycles. The molecule has 2 amide bonds. The number of hydrogen-bond donors (Lipinski definition) is 2. The molecular weight excluding hydrogens is 240 g/mol. The molecule has 3 N–H and O–H groups in total. The number of benzene rings is 1. The van der Waals surface area contributed by atoms with E-state index >= 15 is 0 Å². The van der Waals surface area contributed by atoms with Crippen LogP contribution in [-0.4, -0.2) is 38.3 Å². The lowest BCUT2D eigenvalue weighted by Gasteiger charge is -2.42. The number of amides is 2. The van der Waals surface area contributed by atoms with Crippen LogP contribution in [0.4, 0.5) is 16.2 Å². The van der Waals surface area contributed by atoms with Crippen molar-refractivity contribution in [3.8, 4) is 0 Å². The fraction of sp³-hybridized carbons (Fsp3) is 0.500. The summed E-state index contributed by atoms with van der Waals surface area (Å²) in [6.07, 6.45) is 2.32. The minimum atomic E-state index is -0.364. The molecule has 0 unspecified atom stereocenters. The normalized spacial score (nSPS) is 20.2. The first-order valence-corrected chi connectivity index (χ1v) is 6.91. The second-order valence-electron chi connectivity index (χ2n) is 5.15. The van der Waals surface area contributed by atoms with Crippen LogP contribution in [0.25, 0.3) is 0 Å². The van der Waals surface area contributed by atoms with Crippen molar-refractivity contribution in [3.63, 3.8) is 0 Å². The second-order valence-corrected chi connectivity index (χ2v) is 5.15. The lowest BCUT2D eigenvalue weighted by molar-refractivity contribution is 0.253. The number of anilines is 2. The smallest absolute Gasteiger partial charge is 0.319 e. The van der Waals surface area contributed by atoms with Crippen LogP contribution in [0.2, 0.25) is 0 Å². The van der Waals surface area contributed by atoms with Crippen LogP contribution < -0.4 is 20.9 Å². The number of nitrogens with two attached hydrogens (primary N) is 1. The largest absolute Gasteiger partial charge is 0.365 e. The second kappa shape index (κ2) is 5.09. The first kappa shape index (κ1) is 12.3. The minimum Gasteiger partial charge on any atom is -0.365 e. The van der Waals surface area contributed by atoms with Crippen LogP contribution in [0.3, 0.4) is 0 Å². The van der Waals surface area contributed by atoms with Crippen molar-refractivity contribution in [1.82, 2.24) is 5.32 Å². The maximum absolute atomic E-state index is 11.5. The van der Waals surface area contributed by atoms with Crippen molar-refractivity contribution in [2.45, 2.75) is 18.9 Å². The maximum atomic E-state index is 11.5. The highest BCUT2D eigenvalue weighted by atomic mass is 16.2. The number of hydrogen-bond acceptors (Lipinski definition) is 3. The summed E-state index contributed by atoms with van der Waals surface area (Å²) in [7, 11) is 0. The molecule has 5 heteroatoms. The average molecular weight is 260 g/mol. The van der Waals surface area contributed by atoms with Crippen molar-refractivity contribution in [2.24, 2.45) is 5.73 Å². The number of nitrogens with zero attached hydrogens (tertiary/aromatic N) is 2. The van der Waals surface area contributed by atoms with E-state index in [9.17, 15) is 4.79 Å². The quantitative estimate of drug-likeness (QED) is 0.796. The van der Waals surface area contributed by atoms with Gasteiger partial charge in [0.15, 0.2) is 0 Å². The lowest BCUT2D eigenvalue weighted by atomic mass is 10.0. The molecule has 5 nitrogen and oxygen atoms in total. The van der Waals surface area contributed by atoms with Crippen LogP contribution >= 0.6 is 0 Å². The molecule has 102 valence electrons. The molecule has 2 heterocycles. The van der Waals surface area contributed by atoms with Crippen molar-refractivity contribution in [3.05, 3.63) is 24.3 Å². The predicted octanol–water partition coefficient (Wildman–Crippen LogP) is 1.14. The molecule has 19 heavy (non-hydrogen) atoms. The molecular formula is C14H20N4O. The first-order valence-electron chi connectivity index (χ1n) is 6.91. The Morgan fingerprint density at radius 3 is 2.53 bits per heavy atom. The lowest BCUT2D eigenvalue weighted by Crippen LogP contribution is -2.51. The van der Waals surface area contributed by atoms with Crippen molar-refractivity contribution >= 4 is 17.4 Å². The van der Waals surface area contributed by atoms with Crippen LogP contribution in [-0.2, 0) is 0 Å². The molecule has 1 aromatic rings. The van der Waals surface area contributed by atoms with Crippen LogP contribution in [0.1, 0.15) is 12.8 Å². The van der Waals surface area contributed by atoms with Gasteiger partial charge in [-0.05, 0) is 38.1 Å². The molecule has 2 aliphatic heterocycles. The standard InChI is InChI=1S/C14H20N4O/c15-14(19)18-10-9-17(11-5-7-16-8-6-11)12-3-1-2-4-13(12)18/h1-4,11,16H,5-10H2,(H2,15,19). The highest BCUT2D eigenvalue weighted by Crippen LogP contribution is 2.35. The van der Waals surface area contributed by atoms with Gasteiger partial charge in [0.25, 0.3) is 0 Å². The van der Waals surface area contributed by atoms with E-state index in [0.717, 1.165) is 43.9 Å². The Morgan fingerprint density at radius 1 is 1.16 bits per heavy atom. The van der Waals surface area contributed by atoms with E-state index in [0.29, 0.717) is 12.6 Å². The van der Waals surface area contributed by atoms with Crippen LogP contribution in [0.5, 0.6) is 0 Å². The van der Waals surface area contributed by atoms with Gasteiger partial charge >= 0.3 is 6.03 Å². The summed E-state index contributed by atoms with van der Waals surface area (Å²) in [5.41, 5.74) is 7.55. The van der Waals surface area contributed by atoms with Gasteiger partial charge in [-0.2, -0.15) is 0 Å². The Morgan fingerprint density at radius 2 is 1.84 bits per heavy atom. The number of rotatable bonds is 1. The zero-order valence-corrected chi connectivity index (χ0v) is 11.0.